The molecule has 0 aromatic heterocycles. The molecule has 0 spiro atoms. The summed E-state index contributed by atoms with van der Waals surface area (Å²) in [5, 5.41) is 19.8. The van der Waals surface area contributed by atoms with Crippen LogP contribution in [0.5, 0.6) is 0 Å². The van der Waals surface area contributed by atoms with Gasteiger partial charge in [0.1, 0.15) is 0 Å². The summed E-state index contributed by atoms with van der Waals surface area (Å²) in [4.78, 5) is 0. The van der Waals surface area contributed by atoms with Crippen molar-refractivity contribution in [2.75, 3.05) is 0 Å². The van der Waals surface area contributed by atoms with Crippen LogP contribution in [0.1, 0.15) is 76.7 Å². The second kappa shape index (κ2) is 13.8. The molecule has 0 saturated carbocycles. The molecule has 4 heteroatoms. The molecule has 1 aromatic rings. The van der Waals surface area contributed by atoms with E-state index in [0.717, 1.165) is 6.42 Å². The summed E-state index contributed by atoms with van der Waals surface area (Å²) in [6.07, 6.45) is 14.6. The second-order valence-electron chi connectivity index (χ2n) is 6.03. The molecule has 0 atom stereocenters. The average molecular weight is 307 g/mol. The van der Waals surface area contributed by atoms with Crippen molar-refractivity contribution in [1.29, 1.82) is 0 Å². The monoisotopic (exact) mass is 307 g/mol. The molecule has 22 heavy (non-hydrogen) atoms. The summed E-state index contributed by atoms with van der Waals surface area (Å²) in [7, 11) is -1.60. The van der Waals surface area contributed by atoms with Crippen molar-refractivity contribution in [1.82, 2.24) is 6.15 Å². The fourth-order valence-electron chi connectivity index (χ4n) is 2.67. The smallest absolute Gasteiger partial charge is 0.212 e. The van der Waals surface area contributed by atoms with Gasteiger partial charge in [-0.3, -0.25) is 0 Å². The molecule has 5 N–H and O–H groups in total. The van der Waals surface area contributed by atoms with Gasteiger partial charge in [-0.15, -0.1) is 0 Å². The Kier molecular flexibility index (Phi) is 13.3. The van der Waals surface area contributed by atoms with Gasteiger partial charge in [-0.25, -0.2) is 0 Å². The summed E-state index contributed by atoms with van der Waals surface area (Å²) in [6.45, 7) is 2.26. The van der Waals surface area contributed by atoms with Gasteiger partial charge in [-0.1, -0.05) is 94.4 Å². The van der Waals surface area contributed by atoms with Crippen molar-refractivity contribution in [3.63, 3.8) is 0 Å². The lowest BCUT2D eigenvalue weighted by Gasteiger charge is -2.11. The first-order valence-corrected chi connectivity index (χ1v) is 8.66. The standard InChI is InChI=1S/C18H30BO2.H3N/c1-2-3-4-5-6-7-8-9-10-11-12-17-13-15-18(16-14-17)19(20)21;/h13-16,20H,2-12H2,1H3;1H3/q-1;/p+1. The zero-order valence-corrected chi connectivity index (χ0v) is 14.5. The molecule has 1 rings (SSSR count). The Hall–Kier alpha value is -0.835. The number of quaternary nitrogens is 1. The second-order valence-corrected chi connectivity index (χ2v) is 6.03. The summed E-state index contributed by atoms with van der Waals surface area (Å²) in [6, 6.07) is 7.40. The first-order valence-electron chi connectivity index (χ1n) is 8.66. The molecule has 126 valence electrons. The Bertz CT molecular complexity index is 355. The van der Waals surface area contributed by atoms with E-state index in [1.807, 2.05) is 12.1 Å². The van der Waals surface area contributed by atoms with E-state index >= 15 is 0 Å². The van der Waals surface area contributed by atoms with Gasteiger partial charge in [-0.2, -0.15) is 0 Å². The highest BCUT2D eigenvalue weighted by Crippen LogP contribution is 2.12. The van der Waals surface area contributed by atoms with E-state index in [1.54, 1.807) is 12.1 Å². The zero-order chi connectivity index (χ0) is 15.3. The molecule has 3 nitrogen and oxygen atoms in total. The van der Waals surface area contributed by atoms with Gasteiger partial charge < -0.3 is 16.2 Å². The molecule has 1 aromatic carbocycles. The summed E-state index contributed by atoms with van der Waals surface area (Å²) in [5.74, 6) is 0. The van der Waals surface area contributed by atoms with Crippen LogP contribution < -0.4 is 16.6 Å². The molecular weight excluding hydrogens is 273 g/mol. The number of aryl methyl sites for hydroxylation is 1. The molecule has 0 bridgehead atoms. The number of unbranched alkanes of at least 4 members (excludes halogenated alkanes) is 9. The van der Waals surface area contributed by atoms with Crippen molar-refractivity contribution < 1.29 is 10.0 Å². The lowest BCUT2D eigenvalue weighted by molar-refractivity contribution is -0.211. The zero-order valence-electron chi connectivity index (χ0n) is 14.5. The van der Waals surface area contributed by atoms with Gasteiger partial charge in [0.2, 0.25) is 7.12 Å². The molecule has 0 fully saturated rings. The lowest BCUT2D eigenvalue weighted by Crippen LogP contribution is -2.43. The maximum Gasteiger partial charge on any atom is 0.212 e. The number of rotatable bonds is 12. The predicted octanol–water partition coefficient (Wildman–Crippen LogP) is 3.57. The first-order chi connectivity index (χ1) is 10.2. The van der Waals surface area contributed by atoms with Crippen molar-refractivity contribution in [2.24, 2.45) is 0 Å². The molecule has 0 aliphatic carbocycles. The topological polar surface area (TPSA) is 79.8 Å². The Morgan fingerprint density at radius 3 is 1.73 bits per heavy atom. The van der Waals surface area contributed by atoms with Crippen molar-refractivity contribution in [3.8, 4) is 0 Å². The van der Waals surface area contributed by atoms with Gasteiger partial charge in [0.05, 0.1) is 0 Å². The van der Waals surface area contributed by atoms with Crippen LogP contribution in [0, 0.1) is 0 Å². The van der Waals surface area contributed by atoms with Gasteiger partial charge in [-0.05, 0) is 18.4 Å². The highest BCUT2D eigenvalue weighted by molar-refractivity contribution is 6.56. The molecule has 0 heterocycles. The van der Waals surface area contributed by atoms with Gasteiger partial charge >= 0.3 is 0 Å². The van der Waals surface area contributed by atoms with E-state index in [0.29, 0.717) is 5.46 Å². The highest BCUT2D eigenvalue weighted by Gasteiger charge is 1.99. The minimum atomic E-state index is -1.60. The molecule has 0 aliphatic rings. The molecule has 0 aliphatic heterocycles. The van der Waals surface area contributed by atoms with Crippen molar-refractivity contribution in [3.05, 3.63) is 29.8 Å². The van der Waals surface area contributed by atoms with E-state index < -0.39 is 7.12 Å². The normalized spacial score (nSPS) is 10.3. The third-order valence-corrected chi connectivity index (χ3v) is 4.08. The van der Waals surface area contributed by atoms with Crippen LogP contribution in [0.4, 0.5) is 0 Å². The van der Waals surface area contributed by atoms with Crippen LogP contribution in [0.3, 0.4) is 0 Å². The molecule has 0 unspecified atom stereocenters. The van der Waals surface area contributed by atoms with E-state index in [1.165, 1.54) is 69.8 Å². The SMILES string of the molecule is CCCCCCCCCCCCc1ccc(B([O-])O)cc1.[NH4+]. The quantitative estimate of drug-likeness (QED) is 0.457. The minimum Gasteiger partial charge on any atom is -0.853 e. The number of benzene rings is 1. The van der Waals surface area contributed by atoms with Gasteiger partial charge in [0.25, 0.3) is 0 Å². The van der Waals surface area contributed by atoms with Gasteiger partial charge in [0.15, 0.2) is 0 Å². The lowest BCUT2D eigenvalue weighted by atomic mass is 9.80. The maximum atomic E-state index is 10.8. The van der Waals surface area contributed by atoms with E-state index in [-0.39, 0.29) is 6.15 Å². The number of hydrogen-bond donors (Lipinski definition) is 2. The van der Waals surface area contributed by atoms with Crippen molar-refractivity contribution >= 4 is 12.6 Å². The highest BCUT2D eigenvalue weighted by atomic mass is 16.4. The van der Waals surface area contributed by atoms with Crippen LogP contribution in [0.25, 0.3) is 0 Å². The van der Waals surface area contributed by atoms with Crippen LogP contribution in [0.15, 0.2) is 24.3 Å². The van der Waals surface area contributed by atoms with E-state index in [4.69, 9.17) is 5.02 Å². The third-order valence-electron chi connectivity index (χ3n) is 4.08. The van der Waals surface area contributed by atoms with E-state index in [2.05, 4.69) is 6.92 Å². The van der Waals surface area contributed by atoms with Gasteiger partial charge in [0, 0.05) is 0 Å². The molecule has 0 radical (unpaired) electrons. The molecule has 0 amide bonds. The summed E-state index contributed by atoms with van der Waals surface area (Å²) in [5.41, 5.74) is 1.72. The minimum absolute atomic E-state index is 0. The molecule has 0 saturated heterocycles. The predicted molar refractivity (Wildman–Crippen MR) is 95.6 cm³/mol. The van der Waals surface area contributed by atoms with Crippen LogP contribution in [-0.4, -0.2) is 12.1 Å². The summed E-state index contributed by atoms with van der Waals surface area (Å²) < 4.78 is 0. The van der Waals surface area contributed by atoms with E-state index in [9.17, 15) is 5.02 Å². The maximum absolute atomic E-state index is 10.8. The average Bonchev–Trinajstić information content (AvgIpc) is 2.49. The Balaban J connectivity index is 0.00000441. The Labute approximate surface area is 136 Å². The Morgan fingerprint density at radius 1 is 0.818 bits per heavy atom. The Morgan fingerprint density at radius 2 is 1.27 bits per heavy atom. The van der Waals surface area contributed by atoms with Crippen LogP contribution in [0.2, 0.25) is 0 Å². The first kappa shape index (κ1) is 21.2. The largest absolute Gasteiger partial charge is 0.853 e. The third kappa shape index (κ3) is 9.99. The summed E-state index contributed by atoms with van der Waals surface area (Å²) >= 11 is 0. The van der Waals surface area contributed by atoms with Crippen LogP contribution in [-0.2, 0) is 6.42 Å². The fourth-order valence-corrected chi connectivity index (χ4v) is 2.67. The fraction of sp³-hybridized carbons (Fsp3) is 0.667. The van der Waals surface area contributed by atoms with Crippen molar-refractivity contribution in [2.45, 2.75) is 77.6 Å². The molecular formula is C18H34BNO2. The van der Waals surface area contributed by atoms with Crippen LogP contribution >= 0.6 is 0 Å². The number of hydrogen-bond acceptors (Lipinski definition) is 2.